The molecule has 6 nitrogen and oxygen atoms in total. The van der Waals surface area contributed by atoms with Crippen LogP contribution in [0.4, 0.5) is 0 Å². The third kappa shape index (κ3) is 2.04. The SMILES string of the molecule is CCNC1COCC1c1nc(-c2ccco2)no1. The predicted molar refractivity (Wildman–Crippen MR) is 63.0 cm³/mol. The van der Waals surface area contributed by atoms with Crippen molar-refractivity contribution in [2.45, 2.75) is 18.9 Å². The van der Waals surface area contributed by atoms with E-state index in [4.69, 9.17) is 13.7 Å². The largest absolute Gasteiger partial charge is 0.461 e. The van der Waals surface area contributed by atoms with Crippen LogP contribution in [0.15, 0.2) is 27.3 Å². The third-order valence-electron chi connectivity index (χ3n) is 3.05. The Morgan fingerprint density at radius 3 is 3.17 bits per heavy atom. The van der Waals surface area contributed by atoms with E-state index in [0.717, 1.165) is 6.54 Å². The first-order valence-electron chi connectivity index (χ1n) is 6.07. The van der Waals surface area contributed by atoms with E-state index in [1.54, 1.807) is 12.3 Å². The minimum Gasteiger partial charge on any atom is -0.461 e. The highest BCUT2D eigenvalue weighted by atomic mass is 16.5. The van der Waals surface area contributed by atoms with E-state index >= 15 is 0 Å². The van der Waals surface area contributed by atoms with Gasteiger partial charge in [0.15, 0.2) is 5.76 Å². The van der Waals surface area contributed by atoms with Crippen LogP contribution in [-0.2, 0) is 4.74 Å². The van der Waals surface area contributed by atoms with Gasteiger partial charge in [0.1, 0.15) is 0 Å². The van der Waals surface area contributed by atoms with Crippen molar-refractivity contribution < 1.29 is 13.7 Å². The van der Waals surface area contributed by atoms with Gasteiger partial charge in [0.25, 0.3) is 0 Å². The van der Waals surface area contributed by atoms with Crippen LogP contribution >= 0.6 is 0 Å². The maximum atomic E-state index is 5.46. The number of hydrogen-bond donors (Lipinski definition) is 1. The van der Waals surface area contributed by atoms with Crippen LogP contribution in [0, 0.1) is 0 Å². The molecule has 0 amide bonds. The lowest BCUT2D eigenvalue weighted by Gasteiger charge is -2.13. The standard InChI is InChI=1S/C12H15N3O3/c1-2-13-9-7-16-6-8(9)12-14-11(15-18-12)10-4-3-5-17-10/h3-5,8-9,13H,2,6-7H2,1H3. The quantitative estimate of drug-likeness (QED) is 0.883. The molecule has 0 bridgehead atoms. The van der Waals surface area contributed by atoms with E-state index < -0.39 is 0 Å². The molecule has 0 radical (unpaired) electrons. The molecule has 1 saturated heterocycles. The van der Waals surface area contributed by atoms with Crippen molar-refractivity contribution in [3.8, 4) is 11.6 Å². The summed E-state index contributed by atoms with van der Waals surface area (Å²) in [4.78, 5) is 4.38. The number of nitrogens with zero attached hydrogens (tertiary/aromatic N) is 2. The molecule has 3 heterocycles. The van der Waals surface area contributed by atoms with Crippen LogP contribution < -0.4 is 5.32 Å². The van der Waals surface area contributed by atoms with Crippen molar-refractivity contribution in [2.75, 3.05) is 19.8 Å². The minimum atomic E-state index is 0.112. The fourth-order valence-corrected chi connectivity index (χ4v) is 2.15. The Balaban J connectivity index is 1.80. The molecule has 2 atom stereocenters. The van der Waals surface area contributed by atoms with Crippen LogP contribution in [0.1, 0.15) is 18.7 Å². The second-order valence-corrected chi connectivity index (χ2v) is 4.24. The molecule has 3 rings (SSSR count). The second-order valence-electron chi connectivity index (χ2n) is 4.24. The van der Waals surface area contributed by atoms with Crippen LogP contribution in [0.5, 0.6) is 0 Å². The molecule has 0 aromatic carbocycles. The number of rotatable bonds is 4. The molecule has 1 fully saturated rings. The summed E-state index contributed by atoms with van der Waals surface area (Å²) in [6.45, 7) is 4.25. The highest BCUT2D eigenvalue weighted by Gasteiger charge is 2.33. The molecule has 0 spiro atoms. The summed E-state index contributed by atoms with van der Waals surface area (Å²) in [5, 5.41) is 7.30. The summed E-state index contributed by atoms with van der Waals surface area (Å²) in [7, 11) is 0. The van der Waals surface area contributed by atoms with E-state index in [9.17, 15) is 0 Å². The van der Waals surface area contributed by atoms with Gasteiger partial charge in [-0.05, 0) is 18.7 Å². The molecule has 2 aromatic heterocycles. The molecule has 1 aliphatic rings. The number of aromatic nitrogens is 2. The van der Waals surface area contributed by atoms with Gasteiger partial charge in [-0.25, -0.2) is 0 Å². The molecule has 1 aliphatic heterocycles. The fourth-order valence-electron chi connectivity index (χ4n) is 2.15. The Hall–Kier alpha value is -1.66. The van der Waals surface area contributed by atoms with E-state index in [2.05, 4.69) is 22.4 Å². The summed E-state index contributed by atoms with van der Waals surface area (Å²) in [5.74, 6) is 1.81. The van der Waals surface area contributed by atoms with Gasteiger partial charge in [0.2, 0.25) is 11.7 Å². The van der Waals surface area contributed by atoms with Gasteiger partial charge in [0, 0.05) is 6.04 Å². The number of hydrogen-bond acceptors (Lipinski definition) is 6. The molecule has 0 saturated carbocycles. The molecule has 1 N–H and O–H groups in total. The van der Waals surface area contributed by atoms with Crippen molar-refractivity contribution in [1.29, 1.82) is 0 Å². The first kappa shape index (κ1) is 11.4. The molecule has 2 unspecified atom stereocenters. The van der Waals surface area contributed by atoms with Crippen LogP contribution in [0.3, 0.4) is 0 Å². The summed E-state index contributed by atoms with van der Waals surface area (Å²) < 4.78 is 16.0. The van der Waals surface area contributed by atoms with Gasteiger partial charge in [-0.2, -0.15) is 4.98 Å². The Bertz CT molecular complexity index is 494. The summed E-state index contributed by atoms with van der Waals surface area (Å²) >= 11 is 0. The lowest BCUT2D eigenvalue weighted by molar-refractivity contribution is 0.185. The summed E-state index contributed by atoms with van der Waals surface area (Å²) in [6, 6.07) is 3.84. The molecule has 2 aromatic rings. The smallest absolute Gasteiger partial charge is 0.238 e. The number of furan rings is 1. The molecular formula is C12H15N3O3. The van der Waals surface area contributed by atoms with Gasteiger partial charge in [-0.15, -0.1) is 0 Å². The maximum Gasteiger partial charge on any atom is 0.238 e. The molecule has 0 aliphatic carbocycles. The minimum absolute atomic E-state index is 0.112. The van der Waals surface area contributed by atoms with Crippen molar-refractivity contribution in [1.82, 2.24) is 15.5 Å². The monoisotopic (exact) mass is 249 g/mol. The average molecular weight is 249 g/mol. The van der Waals surface area contributed by atoms with Crippen molar-refractivity contribution in [3.63, 3.8) is 0 Å². The average Bonchev–Trinajstić information content (AvgIpc) is 3.10. The maximum absolute atomic E-state index is 5.46. The zero-order valence-corrected chi connectivity index (χ0v) is 10.1. The second kappa shape index (κ2) is 4.91. The Labute approximate surface area is 104 Å². The van der Waals surface area contributed by atoms with Gasteiger partial charge in [0.05, 0.1) is 25.4 Å². The van der Waals surface area contributed by atoms with Gasteiger partial charge < -0.3 is 19.0 Å². The number of ether oxygens (including phenoxy) is 1. The fraction of sp³-hybridized carbons (Fsp3) is 0.500. The Morgan fingerprint density at radius 1 is 1.44 bits per heavy atom. The van der Waals surface area contributed by atoms with E-state index in [1.807, 2.05) is 6.07 Å². The lowest BCUT2D eigenvalue weighted by Crippen LogP contribution is -2.34. The zero-order chi connectivity index (χ0) is 12.4. The first-order valence-corrected chi connectivity index (χ1v) is 6.07. The van der Waals surface area contributed by atoms with Gasteiger partial charge in [-0.3, -0.25) is 0 Å². The van der Waals surface area contributed by atoms with E-state index in [-0.39, 0.29) is 12.0 Å². The number of nitrogens with one attached hydrogen (secondary N) is 1. The molecule has 96 valence electrons. The first-order chi connectivity index (χ1) is 8.88. The highest BCUT2D eigenvalue weighted by Crippen LogP contribution is 2.26. The Morgan fingerprint density at radius 2 is 2.39 bits per heavy atom. The van der Waals surface area contributed by atoms with Crippen LogP contribution in [0.25, 0.3) is 11.6 Å². The van der Waals surface area contributed by atoms with Crippen molar-refractivity contribution >= 4 is 0 Å². The molecule has 6 heteroatoms. The summed E-state index contributed by atoms with van der Waals surface area (Å²) in [6.07, 6.45) is 1.59. The topological polar surface area (TPSA) is 73.3 Å². The van der Waals surface area contributed by atoms with Crippen molar-refractivity contribution in [2.24, 2.45) is 0 Å². The van der Waals surface area contributed by atoms with Crippen molar-refractivity contribution in [3.05, 3.63) is 24.3 Å². The lowest BCUT2D eigenvalue weighted by atomic mass is 10.0. The zero-order valence-electron chi connectivity index (χ0n) is 10.1. The number of likely N-dealkylation sites (N-methyl/N-ethyl adjacent to an activating group) is 1. The third-order valence-corrected chi connectivity index (χ3v) is 3.05. The normalized spacial score (nSPS) is 23.6. The van der Waals surface area contributed by atoms with E-state index in [0.29, 0.717) is 30.7 Å². The highest BCUT2D eigenvalue weighted by molar-refractivity contribution is 5.44. The predicted octanol–water partition coefficient (Wildman–Crippen LogP) is 1.42. The molecule has 18 heavy (non-hydrogen) atoms. The van der Waals surface area contributed by atoms with Crippen LogP contribution in [0.2, 0.25) is 0 Å². The Kier molecular flexibility index (Phi) is 3.12. The van der Waals surface area contributed by atoms with Crippen LogP contribution in [-0.4, -0.2) is 35.9 Å². The van der Waals surface area contributed by atoms with E-state index in [1.165, 1.54) is 0 Å². The van der Waals surface area contributed by atoms with Gasteiger partial charge >= 0.3 is 0 Å². The van der Waals surface area contributed by atoms with Gasteiger partial charge in [-0.1, -0.05) is 12.1 Å². The summed E-state index contributed by atoms with van der Waals surface area (Å²) in [5.41, 5.74) is 0. The molecular weight excluding hydrogens is 234 g/mol.